The van der Waals surface area contributed by atoms with Gasteiger partial charge in [0.15, 0.2) is 5.17 Å². The second-order valence-corrected chi connectivity index (χ2v) is 9.63. The Morgan fingerprint density at radius 3 is 2.51 bits per heavy atom. The molecule has 3 aromatic rings. The first-order valence-electron chi connectivity index (χ1n) is 11.5. The van der Waals surface area contributed by atoms with Crippen molar-refractivity contribution in [1.29, 1.82) is 0 Å². The second-order valence-electron chi connectivity index (χ2n) is 8.46. The summed E-state index contributed by atoms with van der Waals surface area (Å²) in [6.45, 7) is 0. The molecule has 2 heterocycles. The number of anilines is 1. The number of aliphatic imine (C=N–C) groups is 1. The first kappa shape index (κ1) is 24.6. The van der Waals surface area contributed by atoms with Gasteiger partial charge in [0.1, 0.15) is 22.6 Å². The van der Waals surface area contributed by atoms with Gasteiger partial charge >= 0.3 is 0 Å². The summed E-state index contributed by atoms with van der Waals surface area (Å²) in [6.07, 6.45) is 0.338. The van der Waals surface area contributed by atoms with E-state index >= 15 is 0 Å². The zero-order chi connectivity index (χ0) is 25.9. The van der Waals surface area contributed by atoms with Crippen molar-refractivity contribution in [3.05, 3.63) is 95.6 Å². The van der Waals surface area contributed by atoms with E-state index in [-0.39, 0.29) is 24.0 Å². The van der Waals surface area contributed by atoms with Crippen molar-refractivity contribution >= 4 is 40.1 Å². The van der Waals surface area contributed by atoms with Crippen LogP contribution in [0.15, 0.2) is 82.9 Å². The zero-order valence-corrected chi connectivity index (χ0v) is 20.5. The van der Waals surface area contributed by atoms with Crippen molar-refractivity contribution in [3.63, 3.8) is 0 Å². The Labute approximate surface area is 216 Å². The first-order chi connectivity index (χ1) is 17.9. The van der Waals surface area contributed by atoms with E-state index in [4.69, 9.17) is 9.84 Å². The number of halogens is 2. The predicted molar refractivity (Wildman–Crippen MR) is 139 cm³/mol. The van der Waals surface area contributed by atoms with Gasteiger partial charge in [-0.3, -0.25) is 9.59 Å². The number of rotatable bonds is 6. The third-order valence-electron chi connectivity index (χ3n) is 6.03. The van der Waals surface area contributed by atoms with Gasteiger partial charge in [-0.25, -0.2) is 13.8 Å². The summed E-state index contributed by atoms with van der Waals surface area (Å²) in [5.41, 5.74) is 2.46. The molecule has 0 aliphatic carbocycles. The third-order valence-corrected chi connectivity index (χ3v) is 7.17. The fraction of sp³-hybridized carbons (Fsp3) is 0.185. The van der Waals surface area contributed by atoms with Gasteiger partial charge in [-0.2, -0.15) is 10.1 Å². The molecule has 2 aliphatic rings. The molecular formula is C27H22F2N4O3S. The van der Waals surface area contributed by atoms with Crippen LogP contribution >= 0.6 is 11.8 Å². The fourth-order valence-corrected chi connectivity index (χ4v) is 5.19. The van der Waals surface area contributed by atoms with E-state index in [1.807, 2.05) is 24.3 Å². The number of hydrogen-bond acceptors (Lipinski definition) is 6. The molecule has 7 nitrogen and oxygen atoms in total. The number of para-hydroxylation sites is 1. The van der Waals surface area contributed by atoms with Crippen LogP contribution in [-0.4, -0.2) is 40.1 Å². The number of thioether (sulfide) groups is 1. The Balaban J connectivity index is 1.36. The number of amidine groups is 1. The average molecular weight is 521 g/mol. The minimum Gasteiger partial charge on any atom is -0.497 e. The fourth-order valence-electron chi connectivity index (χ4n) is 4.13. The van der Waals surface area contributed by atoms with Crippen LogP contribution in [0, 0.1) is 11.6 Å². The predicted octanol–water partition coefficient (Wildman–Crippen LogP) is 5.15. The number of ether oxygens (including phenoxy) is 1. The molecule has 0 aromatic heterocycles. The van der Waals surface area contributed by atoms with Crippen molar-refractivity contribution in [1.82, 2.24) is 5.01 Å². The molecule has 37 heavy (non-hydrogen) atoms. The number of hydrogen-bond donors (Lipinski definition) is 1. The smallest absolute Gasteiger partial charge is 0.262 e. The van der Waals surface area contributed by atoms with Crippen LogP contribution in [-0.2, 0) is 9.59 Å². The molecular weight excluding hydrogens is 498 g/mol. The first-order valence-corrected chi connectivity index (χ1v) is 12.4. The molecule has 0 spiro atoms. The summed E-state index contributed by atoms with van der Waals surface area (Å²) >= 11 is 1.14. The van der Waals surface area contributed by atoms with Crippen molar-refractivity contribution in [2.75, 3.05) is 12.4 Å². The molecule has 3 aromatic carbocycles. The van der Waals surface area contributed by atoms with Crippen molar-refractivity contribution in [3.8, 4) is 5.75 Å². The number of amides is 2. The summed E-state index contributed by atoms with van der Waals surface area (Å²) in [5, 5.41) is 8.53. The third kappa shape index (κ3) is 5.39. The zero-order valence-electron chi connectivity index (χ0n) is 19.7. The summed E-state index contributed by atoms with van der Waals surface area (Å²) < 4.78 is 32.6. The normalized spacial score (nSPS) is 19.0. The van der Waals surface area contributed by atoms with Crippen LogP contribution in [0.25, 0.3) is 0 Å². The number of nitrogens with zero attached hydrogens (tertiary/aromatic N) is 3. The van der Waals surface area contributed by atoms with E-state index in [0.717, 1.165) is 28.6 Å². The lowest BCUT2D eigenvalue weighted by molar-refractivity contribution is -0.121. The topological polar surface area (TPSA) is 83.4 Å². The van der Waals surface area contributed by atoms with E-state index in [1.54, 1.807) is 30.3 Å². The van der Waals surface area contributed by atoms with Gasteiger partial charge in [0, 0.05) is 12.8 Å². The minimum atomic E-state index is -0.761. The van der Waals surface area contributed by atoms with Crippen LogP contribution < -0.4 is 10.1 Å². The molecule has 188 valence electrons. The Kier molecular flexibility index (Phi) is 7.00. The minimum absolute atomic E-state index is 0.0525. The number of carbonyl (C=O) groups is 2. The number of hydrazone groups is 1. The van der Waals surface area contributed by atoms with Gasteiger partial charge in [0.2, 0.25) is 5.91 Å². The Hall–Kier alpha value is -4.05. The molecule has 0 bridgehead atoms. The standard InChI is InChI=1S/C27H22F2N4O3S/c1-36-19-12-8-17(9-13-19)23-14-22(16-6-10-18(28)11-7-16)32-33(23)27-31-26(35)24(37-27)15-25(34)30-21-5-3-2-4-20(21)29/h2-13,23-24H,14-15H2,1H3,(H,30,34). The highest BCUT2D eigenvalue weighted by molar-refractivity contribution is 8.15. The number of benzene rings is 3. The van der Waals surface area contributed by atoms with Crippen molar-refractivity contribution in [2.24, 2.45) is 10.1 Å². The summed E-state index contributed by atoms with van der Waals surface area (Å²) in [7, 11) is 1.59. The Morgan fingerprint density at radius 2 is 1.81 bits per heavy atom. The van der Waals surface area contributed by atoms with Crippen LogP contribution in [0.4, 0.5) is 14.5 Å². The van der Waals surface area contributed by atoms with E-state index in [2.05, 4.69) is 10.3 Å². The lowest BCUT2D eigenvalue weighted by atomic mass is 9.98. The van der Waals surface area contributed by atoms with Crippen LogP contribution in [0.1, 0.15) is 30.0 Å². The Morgan fingerprint density at radius 1 is 1.08 bits per heavy atom. The average Bonchev–Trinajstić information content (AvgIpc) is 3.50. The second kappa shape index (κ2) is 10.5. The molecule has 0 radical (unpaired) electrons. The monoisotopic (exact) mass is 520 g/mol. The molecule has 2 aliphatic heterocycles. The molecule has 2 amide bonds. The molecule has 10 heteroatoms. The quantitative estimate of drug-likeness (QED) is 0.486. The maximum Gasteiger partial charge on any atom is 0.262 e. The highest BCUT2D eigenvalue weighted by Gasteiger charge is 2.39. The van der Waals surface area contributed by atoms with E-state index in [0.29, 0.717) is 17.3 Å². The summed E-state index contributed by atoms with van der Waals surface area (Å²) in [5.74, 6) is -1.14. The molecule has 0 saturated carbocycles. The SMILES string of the molecule is COc1ccc(C2CC(c3ccc(F)cc3)=NN2C2=NC(=O)C(CC(=O)Nc3ccccc3F)S2)cc1. The lowest BCUT2D eigenvalue weighted by Gasteiger charge is -2.23. The van der Waals surface area contributed by atoms with E-state index < -0.39 is 22.9 Å². The summed E-state index contributed by atoms with van der Waals surface area (Å²) in [6, 6.07) is 19.2. The molecule has 2 atom stereocenters. The largest absolute Gasteiger partial charge is 0.497 e. The van der Waals surface area contributed by atoms with Gasteiger partial charge in [0.05, 0.1) is 24.6 Å². The van der Waals surface area contributed by atoms with Gasteiger partial charge in [-0.15, -0.1) is 0 Å². The van der Waals surface area contributed by atoms with Crippen LogP contribution in [0.2, 0.25) is 0 Å². The molecule has 2 unspecified atom stereocenters. The lowest BCUT2D eigenvalue weighted by Crippen LogP contribution is -2.25. The number of methoxy groups -OCH3 is 1. The van der Waals surface area contributed by atoms with E-state index in [9.17, 15) is 18.4 Å². The Bertz CT molecular complexity index is 1390. The summed E-state index contributed by atoms with van der Waals surface area (Å²) in [4.78, 5) is 29.4. The molecule has 0 saturated heterocycles. The highest BCUT2D eigenvalue weighted by Crippen LogP contribution is 2.39. The van der Waals surface area contributed by atoms with Gasteiger partial charge in [-0.1, -0.05) is 48.2 Å². The highest BCUT2D eigenvalue weighted by atomic mass is 32.2. The van der Waals surface area contributed by atoms with Crippen LogP contribution in [0.3, 0.4) is 0 Å². The van der Waals surface area contributed by atoms with Gasteiger partial charge in [0.25, 0.3) is 5.91 Å². The van der Waals surface area contributed by atoms with E-state index in [1.165, 1.54) is 30.3 Å². The van der Waals surface area contributed by atoms with Gasteiger partial charge < -0.3 is 10.1 Å². The maximum absolute atomic E-state index is 13.9. The van der Waals surface area contributed by atoms with Crippen LogP contribution in [0.5, 0.6) is 5.75 Å². The van der Waals surface area contributed by atoms with Crippen molar-refractivity contribution in [2.45, 2.75) is 24.1 Å². The number of nitrogens with one attached hydrogen (secondary N) is 1. The number of carbonyl (C=O) groups excluding carboxylic acids is 2. The molecule has 5 rings (SSSR count). The maximum atomic E-state index is 13.9. The van der Waals surface area contributed by atoms with Crippen molar-refractivity contribution < 1.29 is 23.1 Å². The van der Waals surface area contributed by atoms with Gasteiger partial charge in [-0.05, 0) is 47.5 Å². The molecule has 0 fully saturated rings. The molecule has 1 N–H and O–H groups in total.